The summed E-state index contributed by atoms with van der Waals surface area (Å²) in [6.07, 6.45) is -1.75. The number of hydrogen-bond donors (Lipinski definition) is 1. The van der Waals surface area contributed by atoms with E-state index >= 15 is 0 Å². The Kier molecular flexibility index (Phi) is 4.86. The Morgan fingerprint density at radius 3 is 2.61 bits per heavy atom. The molecule has 2 fully saturated rings. The fourth-order valence-corrected chi connectivity index (χ4v) is 4.82. The van der Waals surface area contributed by atoms with Crippen molar-refractivity contribution in [3.05, 3.63) is 60.7 Å². The van der Waals surface area contributed by atoms with Crippen molar-refractivity contribution in [1.82, 2.24) is 0 Å². The van der Waals surface area contributed by atoms with Crippen LogP contribution in [-0.2, 0) is 14.3 Å². The van der Waals surface area contributed by atoms with Crippen LogP contribution in [0.4, 0.5) is 24.5 Å². The van der Waals surface area contributed by atoms with Crippen LogP contribution in [0.1, 0.15) is 0 Å². The predicted molar refractivity (Wildman–Crippen MR) is 111 cm³/mol. The SMILES string of the molecule is COc1ccccc1N1C[C@@]23C=C[C@H](O2)[C@@H](C(=O)Nc2ccc(OC(F)(F)F)cc2)[C@H]3C1=O. The van der Waals surface area contributed by atoms with E-state index in [2.05, 4.69) is 10.1 Å². The molecule has 33 heavy (non-hydrogen) atoms. The van der Waals surface area contributed by atoms with E-state index in [0.29, 0.717) is 11.4 Å². The highest BCUT2D eigenvalue weighted by molar-refractivity contribution is 6.06. The number of amides is 2. The minimum Gasteiger partial charge on any atom is -0.495 e. The lowest BCUT2D eigenvalue weighted by atomic mass is 9.77. The van der Waals surface area contributed by atoms with Crippen molar-refractivity contribution < 1.29 is 37.0 Å². The lowest BCUT2D eigenvalue weighted by Gasteiger charge is -2.23. The van der Waals surface area contributed by atoms with Crippen LogP contribution in [0.25, 0.3) is 0 Å². The molecule has 2 aromatic rings. The summed E-state index contributed by atoms with van der Waals surface area (Å²) in [7, 11) is 1.52. The maximum absolute atomic E-state index is 13.4. The molecule has 5 rings (SSSR count). The molecule has 1 spiro atoms. The number of carbonyl (C=O) groups is 2. The number of nitrogens with zero attached hydrogens (tertiary/aromatic N) is 1. The summed E-state index contributed by atoms with van der Waals surface area (Å²) in [6.45, 7) is 0.247. The third kappa shape index (κ3) is 3.60. The summed E-state index contributed by atoms with van der Waals surface area (Å²) < 4.78 is 52.4. The standard InChI is InChI=1S/C23H19F3N2O5/c1-31-16-5-3-2-4-15(16)28-12-22-11-10-17(33-22)18(19(22)21(28)30)20(29)27-13-6-8-14(9-7-13)32-23(24,25)26/h2-11,17-19H,12H2,1H3,(H,27,29)/t17-,18+,19-,22+/m0/s1. The largest absolute Gasteiger partial charge is 0.573 e. The second kappa shape index (κ2) is 7.51. The Morgan fingerprint density at radius 2 is 1.91 bits per heavy atom. The van der Waals surface area contributed by atoms with Crippen LogP contribution in [0, 0.1) is 11.8 Å². The molecule has 0 saturated carbocycles. The van der Waals surface area contributed by atoms with Crippen molar-refractivity contribution in [3.8, 4) is 11.5 Å². The number of carbonyl (C=O) groups excluding carboxylic acids is 2. The van der Waals surface area contributed by atoms with E-state index in [9.17, 15) is 22.8 Å². The number of nitrogens with one attached hydrogen (secondary N) is 1. The minimum atomic E-state index is -4.80. The van der Waals surface area contributed by atoms with Gasteiger partial charge in [-0.05, 0) is 36.4 Å². The van der Waals surface area contributed by atoms with Gasteiger partial charge in [0.1, 0.15) is 17.1 Å². The average molecular weight is 460 g/mol. The van der Waals surface area contributed by atoms with Gasteiger partial charge in [0.05, 0.1) is 37.3 Å². The quantitative estimate of drug-likeness (QED) is 0.691. The van der Waals surface area contributed by atoms with E-state index in [1.54, 1.807) is 35.2 Å². The Labute approximate surface area is 186 Å². The molecule has 2 bridgehead atoms. The van der Waals surface area contributed by atoms with E-state index < -0.39 is 41.6 Å². The maximum atomic E-state index is 13.4. The topological polar surface area (TPSA) is 77.1 Å². The molecule has 3 aliphatic rings. The highest BCUT2D eigenvalue weighted by Gasteiger charge is 2.67. The zero-order chi connectivity index (χ0) is 23.4. The van der Waals surface area contributed by atoms with Gasteiger partial charge in [0.15, 0.2) is 0 Å². The Bertz CT molecular complexity index is 1130. The van der Waals surface area contributed by atoms with Crippen LogP contribution >= 0.6 is 0 Å². The molecule has 3 aliphatic heterocycles. The molecular formula is C23H19F3N2O5. The highest BCUT2D eigenvalue weighted by Crippen LogP contribution is 2.53. The van der Waals surface area contributed by atoms with Crippen LogP contribution in [0.3, 0.4) is 0 Å². The van der Waals surface area contributed by atoms with E-state index in [-0.39, 0.29) is 18.1 Å². The zero-order valence-electron chi connectivity index (χ0n) is 17.3. The van der Waals surface area contributed by atoms with Crippen molar-refractivity contribution in [1.29, 1.82) is 0 Å². The van der Waals surface area contributed by atoms with Gasteiger partial charge in [-0.1, -0.05) is 24.3 Å². The van der Waals surface area contributed by atoms with Gasteiger partial charge >= 0.3 is 6.36 Å². The van der Waals surface area contributed by atoms with Gasteiger partial charge in [0, 0.05) is 5.69 Å². The average Bonchev–Trinajstić information content (AvgIpc) is 3.42. The maximum Gasteiger partial charge on any atom is 0.573 e. The molecule has 2 saturated heterocycles. The van der Waals surface area contributed by atoms with Gasteiger partial charge in [0.2, 0.25) is 11.8 Å². The van der Waals surface area contributed by atoms with Crippen LogP contribution < -0.4 is 19.7 Å². The lowest BCUT2D eigenvalue weighted by molar-refractivity contribution is -0.274. The molecule has 7 nitrogen and oxygen atoms in total. The monoisotopic (exact) mass is 460 g/mol. The minimum absolute atomic E-state index is 0.247. The molecule has 3 heterocycles. The number of hydrogen-bond acceptors (Lipinski definition) is 5. The summed E-state index contributed by atoms with van der Waals surface area (Å²) in [5, 5.41) is 2.68. The molecule has 0 aliphatic carbocycles. The summed E-state index contributed by atoms with van der Waals surface area (Å²) in [5.74, 6) is -2.08. The van der Waals surface area contributed by atoms with E-state index in [4.69, 9.17) is 9.47 Å². The molecule has 10 heteroatoms. The first-order valence-corrected chi connectivity index (χ1v) is 10.2. The second-order valence-corrected chi connectivity index (χ2v) is 8.06. The smallest absolute Gasteiger partial charge is 0.495 e. The van der Waals surface area contributed by atoms with Crippen molar-refractivity contribution in [2.45, 2.75) is 18.1 Å². The molecular weight excluding hydrogens is 441 g/mol. The van der Waals surface area contributed by atoms with Gasteiger partial charge in [-0.25, -0.2) is 0 Å². The number of halogens is 3. The van der Waals surface area contributed by atoms with Crippen molar-refractivity contribution in [2.24, 2.45) is 11.8 Å². The van der Waals surface area contributed by atoms with Gasteiger partial charge in [0.25, 0.3) is 0 Å². The van der Waals surface area contributed by atoms with Crippen molar-refractivity contribution in [3.63, 3.8) is 0 Å². The number of para-hydroxylation sites is 2. The van der Waals surface area contributed by atoms with Crippen LogP contribution in [0.2, 0.25) is 0 Å². The van der Waals surface area contributed by atoms with Gasteiger partial charge in [-0.3, -0.25) is 9.59 Å². The second-order valence-electron chi connectivity index (χ2n) is 8.06. The fraction of sp³-hybridized carbons (Fsp3) is 0.304. The third-order valence-electron chi connectivity index (χ3n) is 6.13. The number of alkyl halides is 3. The Morgan fingerprint density at radius 1 is 1.18 bits per heavy atom. The number of ether oxygens (including phenoxy) is 3. The molecule has 0 aromatic heterocycles. The Balaban J connectivity index is 1.36. The van der Waals surface area contributed by atoms with Crippen LogP contribution in [0.5, 0.6) is 11.5 Å². The zero-order valence-corrected chi connectivity index (χ0v) is 17.3. The third-order valence-corrected chi connectivity index (χ3v) is 6.13. The number of methoxy groups -OCH3 is 1. The van der Waals surface area contributed by atoms with Crippen molar-refractivity contribution >= 4 is 23.2 Å². The first-order chi connectivity index (χ1) is 15.7. The molecule has 4 atom stereocenters. The summed E-state index contributed by atoms with van der Waals surface area (Å²) in [6, 6.07) is 11.9. The first-order valence-electron chi connectivity index (χ1n) is 10.2. The van der Waals surface area contributed by atoms with E-state index in [1.165, 1.54) is 19.2 Å². The summed E-state index contributed by atoms with van der Waals surface area (Å²) >= 11 is 0. The molecule has 2 aromatic carbocycles. The van der Waals surface area contributed by atoms with Crippen molar-refractivity contribution in [2.75, 3.05) is 23.9 Å². The summed E-state index contributed by atoms with van der Waals surface area (Å²) in [5.41, 5.74) is -0.0503. The van der Waals surface area contributed by atoms with Gasteiger partial charge in [-0.15, -0.1) is 13.2 Å². The molecule has 1 N–H and O–H groups in total. The molecule has 0 unspecified atom stereocenters. The first kappa shape index (κ1) is 21.3. The van der Waals surface area contributed by atoms with Crippen LogP contribution in [0.15, 0.2) is 60.7 Å². The number of rotatable bonds is 5. The normalized spacial score (nSPS) is 27.6. The van der Waals surface area contributed by atoms with Gasteiger partial charge in [-0.2, -0.15) is 0 Å². The fourth-order valence-electron chi connectivity index (χ4n) is 4.82. The molecule has 172 valence electrons. The summed E-state index contributed by atoms with van der Waals surface area (Å²) in [4.78, 5) is 28.1. The van der Waals surface area contributed by atoms with Crippen LogP contribution in [-0.4, -0.2) is 43.5 Å². The number of benzene rings is 2. The molecule has 2 amide bonds. The predicted octanol–water partition coefficient (Wildman–Crippen LogP) is 3.52. The van der Waals surface area contributed by atoms with E-state index in [0.717, 1.165) is 12.1 Å². The number of fused-ring (bicyclic) bond motifs is 1. The van der Waals surface area contributed by atoms with Gasteiger partial charge < -0.3 is 24.4 Å². The van der Waals surface area contributed by atoms with E-state index in [1.807, 2.05) is 6.08 Å². The number of anilines is 2. The highest BCUT2D eigenvalue weighted by atomic mass is 19.4. The Hall–Kier alpha value is -3.53. The lowest BCUT2D eigenvalue weighted by Crippen LogP contribution is -2.41. The molecule has 0 radical (unpaired) electrons.